The second-order valence-corrected chi connectivity index (χ2v) is 5.65. The van der Waals surface area contributed by atoms with E-state index in [4.69, 9.17) is 0 Å². The van der Waals surface area contributed by atoms with Crippen LogP contribution >= 0.6 is 15.9 Å². The predicted octanol–water partition coefficient (Wildman–Crippen LogP) is 2.58. The fraction of sp³-hybridized carbons (Fsp3) is 0.727. The maximum absolute atomic E-state index is 11.7. The molecule has 0 aromatic rings. The molecule has 0 aromatic carbocycles. The minimum absolute atomic E-state index is 0.0222. The van der Waals surface area contributed by atoms with Crippen molar-refractivity contribution in [1.29, 1.82) is 0 Å². The van der Waals surface area contributed by atoms with E-state index >= 15 is 0 Å². The van der Waals surface area contributed by atoms with E-state index in [9.17, 15) is 4.79 Å². The van der Waals surface area contributed by atoms with Crippen LogP contribution in [0, 0.1) is 11.8 Å². The van der Waals surface area contributed by atoms with Crippen LogP contribution in [-0.2, 0) is 0 Å². The van der Waals surface area contributed by atoms with Crippen molar-refractivity contribution in [3.8, 4) is 0 Å². The molecule has 1 N–H and O–H groups in total. The Kier molecular flexibility index (Phi) is 4.64. The van der Waals surface area contributed by atoms with Crippen molar-refractivity contribution in [1.82, 2.24) is 10.2 Å². The van der Waals surface area contributed by atoms with Gasteiger partial charge in [-0.2, -0.15) is 0 Å². The van der Waals surface area contributed by atoms with Gasteiger partial charge >= 0.3 is 6.03 Å². The summed E-state index contributed by atoms with van der Waals surface area (Å²) in [6, 6.07) is 0.0222. The summed E-state index contributed by atoms with van der Waals surface area (Å²) in [6.07, 6.45) is 1.22. The molecule has 1 aliphatic rings. The van der Waals surface area contributed by atoms with Crippen LogP contribution in [0.4, 0.5) is 4.79 Å². The third-order valence-corrected chi connectivity index (χ3v) is 2.87. The molecule has 1 rings (SSSR count). The summed E-state index contributed by atoms with van der Waals surface area (Å²) < 4.78 is 0.800. The standard InChI is InChI=1S/C11H19BrN2O/c1-8-4-9(2)7-14(6-8)11(15)13-5-10(3)12/h8-9H,3-7H2,1-2H3,(H,13,15). The molecule has 0 radical (unpaired) electrons. The molecule has 0 aliphatic carbocycles. The van der Waals surface area contributed by atoms with Gasteiger partial charge in [-0.1, -0.05) is 36.4 Å². The maximum Gasteiger partial charge on any atom is 0.317 e. The van der Waals surface area contributed by atoms with Gasteiger partial charge in [0.05, 0.1) is 6.54 Å². The lowest BCUT2D eigenvalue weighted by Gasteiger charge is -2.34. The number of likely N-dealkylation sites (tertiary alicyclic amines) is 1. The highest BCUT2D eigenvalue weighted by atomic mass is 79.9. The highest BCUT2D eigenvalue weighted by Gasteiger charge is 2.24. The third kappa shape index (κ3) is 4.24. The van der Waals surface area contributed by atoms with Crippen LogP contribution in [0.25, 0.3) is 0 Å². The molecule has 0 spiro atoms. The minimum Gasteiger partial charge on any atom is -0.333 e. The molecule has 2 amide bonds. The number of amides is 2. The summed E-state index contributed by atoms with van der Waals surface area (Å²) in [6.45, 7) is 10.3. The van der Waals surface area contributed by atoms with Gasteiger partial charge in [-0.25, -0.2) is 4.79 Å². The number of hydrogen-bond donors (Lipinski definition) is 1. The lowest BCUT2D eigenvalue weighted by molar-refractivity contribution is 0.147. The van der Waals surface area contributed by atoms with Gasteiger partial charge in [0, 0.05) is 17.6 Å². The zero-order valence-electron chi connectivity index (χ0n) is 9.42. The SMILES string of the molecule is C=C(Br)CNC(=O)N1CC(C)CC(C)C1. The van der Waals surface area contributed by atoms with E-state index in [-0.39, 0.29) is 6.03 Å². The molecule has 1 fully saturated rings. The first-order valence-corrected chi connectivity index (χ1v) is 6.14. The van der Waals surface area contributed by atoms with Crippen molar-refractivity contribution >= 4 is 22.0 Å². The highest BCUT2D eigenvalue weighted by Crippen LogP contribution is 2.20. The van der Waals surface area contributed by atoms with Crippen molar-refractivity contribution in [2.75, 3.05) is 19.6 Å². The van der Waals surface area contributed by atoms with Crippen LogP contribution in [0.3, 0.4) is 0 Å². The van der Waals surface area contributed by atoms with E-state index < -0.39 is 0 Å². The smallest absolute Gasteiger partial charge is 0.317 e. The molecular formula is C11H19BrN2O. The van der Waals surface area contributed by atoms with Crippen molar-refractivity contribution in [3.63, 3.8) is 0 Å². The lowest BCUT2D eigenvalue weighted by atomic mass is 9.92. The second-order valence-electron chi connectivity index (χ2n) is 4.53. The van der Waals surface area contributed by atoms with Crippen LogP contribution in [-0.4, -0.2) is 30.6 Å². The number of carbonyl (C=O) groups excluding carboxylic acids is 1. The molecule has 4 heteroatoms. The highest BCUT2D eigenvalue weighted by molar-refractivity contribution is 9.11. The quantitative estimate of drug-likeness (QED) is 0.825. The fourth-order valence-corrected chi connectivity index (χ4v) is 2.25. The largest absolute Gasteiger partial charge is 0.333 e. The number of urea groups is 1. The monoisotopic (exact) mass is 274 g/mol. The van der Waals surface area contributed by atoms with Gasteiger partial charge in [0.2, 0.25) is 0 Å². The van der Waals surface area contributed by atoms with Gasteiger partial charge < -0.3 is 10.2 Å². The first kappa shape index (κ1) is 12.6. The Hall–Kier alpha value is -0.510. The Morgan fingerprint density at radius 3 is 2.47 bits per heavy atom. The van der Waals surface area contributed by atoms with Gasteiger partial charge in [0.15, 0.2) is 0 Å². The van der Waals surface area contributed by atoms with Crippen LogP contribution in [0.5, 0.6) is 0 Å². The van der Waals surface area contributed by atoms with E-state index in [0.717, 1.165) is 17.6 Å². The number of nitrogens with one attached hydrogen (secondary N) is 1. The fourth-order valence-electron chi connectivity index (χ4n) is 2.11. The summed E-state index contributed by atoms with van der Waals surface area (Å²) in [5.74, 6) is 1.21. The molecule has 3 nitrogen and oxygen atoms in total. The number of nitrogens with zero attached hydrogens (tertiary/aromatic N) is 1. The molecule has 15 heavy (non-hydrogen) atoms. The van der Waals surface area contributed by atoms with Crippen LogP contribution in [0.2, 0.25) is 0 Å². The van der Waals surface area contributed by atoms with E-state index in [1.807, 2.05) is 4.90 Å². The van der Waals surface area contributed by atoms with E-state index in [0.29, 0.717) is 18.4 Å². The Balaban J connectivity index is 2.41. The third-order valence-electron chi connectivity index (χ3n) is 2.59. The van der Waals surface area contributed by atoms with Crippen molar-refractivity contribution in [3.05, 3.63) is 11.1 Å². The topological polar surface area (TPSA) is 32.3 Å². The molecule has 2 unspecified atom stereocenters. The van der Waals surface area contributed by atoms with Crippen LogP contribution in [0.1, 0.15) is 20.3 Å². The summed E-state index contributed by atoms with van der Waals surface area (Å²) >= 11 is 3.22. The van der Waals surface area contributed by atoms with Crippen molar-refractivity contribution in [2.24, 2.45) is 11.8 Å². The van der Waals surface area contributed by atoms with Gasteiger partial charge in [-0.05, 0) is 18.3 Å². The number of rotatable bonds is 2. The molecular weight excluding hydrogens is 256 g/mol. The second kappa shape index (κ2) is 5.54. The first-order valence-electron chi connectivity index (χ1n) is 5.35. The van der Waals surface area contributed by atoms with Crippen LogP contribution in [0.15, 0.2) is 11.1 Å². The number of piperidine rings is 1. The van der Waals surface area contributed by atoms with Gasteiger partial charge in [0.25, 0.3) is 0 Å². The Morgan fingerprint density at radius 2 is 2.00 bits per heavy atom. The number of carbonyl (C=O) groups is 1. The zero-order valence-corrected chi connectivity index (χ0v) is 11.0. The zero-order chi connectivity index (χ0) is 11.4. The van der Waals surface area contributed by atoms with Crippen LogP contribution < -0.4 is 5.32 Å². The normalized spacial score (nSPS) is 26.2. The van der Waals surface area contributed by atoms with Gasteiger partial charge in [0.1, 0.15) is 0 Å². The Bertz CT molecular complexity index is 245. The van der Waals surface area contributed by atoms with Gasteiger partial charge in [-0.15, -0.1) is 0 Å². The minimum atomic E-state index is 0.0222. The number of hydrogen-bond acceptors (Lipinski definition) is 1. The van der Waals surface area contributed by atoms with E-state index in [2.05, 4.69) is 41.7 Å². The molecule has 1 heterocycles. The molecule has 1 aliphatic heterocycles. The molecule has 0 aromatic heterocycles. The molecule has 0 saturated carbocycles. The number of halogens is 1. The van der Waals surface area contributed by atoms with E-state index in [1.54, 1.807) is 0 Å². The predicted molar refractivity (Wildman–Crippen MR) is 66.0 cm³/mol. The van der Waals surface area contributed by atoms with Gasteiger partial charge in [-0.3, -0.25) is 0 Å². The Labute approximate surface area is 100 Å². The summed E-state index contributed by atoms with van der Waals surface area (Å²) in [5, 5.41) is 2.83. The lowest BCUT2D eigenvalue weighted by Crippen LogP contribution is -2.47. The summed E-state index contributed by atoms with van der Waals surface area (Å²) in [4.78, 5) is 13.6. The Morgan fingerprint density at radius 1 is 1.47 bits per heavy atom. The maximum atomic E-state index is 11.7. The first-order chi connectivity index (χ1) is 6.99. The average molecular weight is 275 g/mol. The molecule has 2 atom stereocenters. The van der Waals surface area contributed by atoms with E-state index in [1.165, 1.54) is 6.42 Å². The van der Waals surface area contributed by atoms with Crippen molar-refractivity contribution < 1.29 is 4.79 Å². The van der Waals surface area contributed by atoms with Crippen molar-refractivity contribution in [2.45, 2.75) is 20.3 Å². The molecule has 86 valence electrons. The average Bonchev–Trinajstić information content (AvgIpc) is 2.12. The molecule has 1 saturated heterocycles. The summed E-state index contributed by atoms with van der Waals surface area (Å²) in [5.41, 5.74) is 0. The summed E-state index contributed by atoms with van der Waals surface area (Å²) in [7, 11) is 0. The molecule has 0 bridgehead atoms.